The molecular formula is C9H16N2O5. The lowest BCUT2D eigenvalue weighted by Crippen LogP contribution is -2.45. The summed E-state index contributed by atoms with van der Waals surface area (Å²) in [5.41, 5.74) is 4.10. The first-order chi connectivity index (χ1) is 7.11. The highest BCUT2D eigenvalue weighted by atomic mass is 16.6. The van der Waals surface area contributed by atoms with Crippen LogP contribution >= 0.6 is 0 Å². The lowest BCUT2D eigenvalue weighted by atomic mass is 10.2. The summed E-state index contributed by atoms with van der Waals surface area (Å²) in [4.78, 5) is 32.4. The minimum atomic E-state index is -1.37. The Morgan fingerprint density at radius 2 is 1.88 bits per heavy atom. The van der Waals surface area contributed by atoms with Crippen LogP contribution < -0.4 is 11.1 Å². The quantitative estimate of drug-likeness (QED) is 0.583. The van der Waals surface area contributed by atoms with Gasteiger partial charge in [0.2, 0.25) is 5.91 Å². The van der Waals surface area contributed by atoms with Crippen LogP contribution in [-0.2, 0) is 14.3 Å². The van der Waals surface area contributed by atoms with E-state index in [1.165, 1.54) is 0 Å². The van der Waals surface area contributed by atoms with Gasteiger partial charge in [0.15, 0.2) is 0 Å². The SMILES string of the molecule is CC(C)(C)OC(=O)[15NH][C@@H](CC(N)=O)C(=O)O. The van der Waals surface area contributed by atoms with Crippen molar-refractivity contribution in [3.8, 4) is 0 Å². The molecule has 0 unspecified atom stereocenters. The number of hydrogen-bond donors (Lipinski definition) is 3. The molecule has 2 amide bonds. The van der Waals surface area contributed by atoms with E-state index in [0.717, 1.165) is 0 Å². The molecule has 92 valence electrons. The molecule has 0 heterocycles. The van der Waals surface area contributed by atoms with Gasteiger partial charge in [0.1, 0.15) is 11.6 Å². The van der Waals surface area contributed by atoms with Gasteiger partial charge in [0.25, 0.3) is 0 Å². The summed E-state index contributed by atoms with van der Waals surface area (Å²) in [5, 5.41) is 10.7. The molecule has 1 atom stereocenters. The topological polar surface area (TPSA) is 119 Å². The van der Waals surface area contributed by atoms with Gasteiger partial charge in [-0.15, -0.1) is 0 Å². The number of carboxylic acids is 1. The van der Waals surface area contributed by atoms with Crippen LogP contribution in [0.1, 0.15) is 27.2 Å². The molecule has 0 bridgehead atoms. The molecule has 0 spiro atoms. The van der Waals surface area contributed by atoms with Crippen LogP contribution in [0.15, 0.2) is 0 Å². The molecule has 0 aromatic heterocycles. The highest BCUT2D eigenvalue weighted by Gasteiger charge is 2.25. The highest BCUT2D eigenvalue weighted by molar-refractivity contribution is 5.86. The van der Waals surface area contributed by atoms with Gasteiger partial charge in [-0.3, -0.25) is 4.79 Å². The van der Waals surface area contributed by atoms with Crippen molar-refractivity contribution in [2.24, 2.45) is 5.73 Å². The van der Waals surface area contributed by atoms with Crippen molar-refractivity contribution in [2.45, 2.75) is 38.8 Å². The van der Waals surface area contributed by atoms with E-state index in [-0.39, 0.29) is 0 Å². The number of primary amides is 1. The molecular weight excluding hydrogens is 217 g/mol. The minimum absolute atomic E-state index is 0.478. The van der Waals surface area contributed by atoms with Crippen LogP contribution in [0, 0.1) is 0 Å². The number of nitrogens with two attached hydrogens (primary N) is 1. The zero-order valence-electron chi connectivity index (χ0n) is 9.44. The first kappa shape index (κ1) is 14.2. The molecule has 0 aliphatic rings. The van der Waals surface area contributed by atoms with E-state index in [1.54, 1.807) is 20.8 Å². The standard InChI is InChI=1S/C9H16N2O5/c1-9(2,3)16-8(15)11-5(7(13)14)4-6(10)12/h5H,4H2,1-3H3,(H2,10,12)(H,11,15)(H,13,14)/t5-/m0/s1/i11+1. The summed E-state index contributed by atoms with van der Waals surface area (Å²) in [6.45, 7) is 4.91. The molecule has 0 aromatic rings. The van der Waals surface area contributed by atoms with E-state index in [1.807, 2.05) is 5.32 Å². The summed E-state index contributed by atoms with van der Waals surface area (Å²) in [6.07, 6.45) is -1.38. The maximum atomic E-state index is 11.2. The Labute approximate surface area is 92.9 Å². The van der Waals surface area contributed by atoms with E-state index in [2.05, 4.69) is 0 Å². The molecule has 0 aromatic carbocycles. The number of amides is 2. The summed E-state index contributed by atoms with van der Waals surface area (Å²) in [7, 11) is 0. The Balaban J connectivity index is 4.35. The van der Waals surface area contributed by atoms with Crippen LogP contribution in [0.2, 0.25) is 0 Å². The zero-order chi connectivity index (χ0) is 12.9. The van der Waals surface area contributed by atoms with E-state index >= 15 is 0 Å². The molecule has 0 saturated heterocycles. The first-order valence-corrected chi connectivity index (χ1v) is 4.62. The van der Waals surface area contributed by atoms with Crippen LogP contribution in [0.3, 0.4) is 0 Å². The Morgan fingerprint density at radius 1 is 1.38 bits per heavy atom. The van der Waals surface area contributed by atoms with Gasteiger partial charge < -0.3 is 20.9 Å². The van der Waals surface area contributed by atoms with Gasteiger partial charge in [-0.1, -0.05) is 0 Å². The number of ether oxygens (including phenoxy) is 1. The van der Waals surface area contributed by atoms with Gasteiger partial charge in [0.05, 0.1) is 6.42 Å². The Hall–Kier alpha value is -1.79. The smallest absolute Gasteiger partial charge is 0.408 e. The van der Waals surface area contributed by atoms with Crippen LogP contribution in [0.25, 0.3) is 0 Å². The third-order valence-corrected chi connectivity index (χ3v) is 1.39. The second kappa shape index (κ2) is 5.34. The maximum absolute atomic E-state index is 11.2. The van der Waals surface area contributed by atoms with Crippen molar-refractivity contribution in [2.75, 3.05) is 0 Å². The number of carbonyl (C=O) groups excluding carboxylic acids is 2. The first-order valence-electron chi connectivity index (χ1n) is 4.62. The molecule has 0 rings (SSSR count). The van der Waals surface area contributed by atoms with Crippen LogP contribution in [-0.4, -0.2) is 34.7 Å². The molecule has 7 nitrogen and oxygen atoms in total. The summed E-state index contributed by atoms with van der Waals surface area (Å²) in [5.74, 6) is -2.16. The average molecular weight is 233 g/mol. The van der Waals surface area contributed by atoms with Gasteiger partial charge in [0, 0.05) is 0 Å². The second-order valence-corrected chi connectivity index (χ2v) is 4.21. The van der Waals surface area contributed by atoms with Crippen molar-refractivity contribution in [1.82, 2.24) is 5.32 Å². The predicted octanol–water partition coefficient (Wildman–Crippen LogP) is -0.160. The number of nitrogens with one attached hydrogen (secondary N) is 1. The molecule has 4 N–H and O–H groups in total. The average Bonchev–Trinajstić information content (AvgIpc) is 1.97. The molecule has 0 aliphatic carbocycles. The van der Waals surface area contributed by atoms with E-state index in [0.29, 0.717) is 0 Å². The van der Waals surface area contributed by atoms with Gasteiger partial charge >= 0.3 is 12.1 Å². The molecule has 0 aliphatic heterocycles. The number of alkyl carbamates (subject to hydrolysis) is 1. The Kier molecular flexibility index (Phi) is 4.74. The second-order valence-electron chi connectivity index (χ2n) is 4.21. The lowest BCUT2D eigenvalue weighted by molar-refractivity contribution is -0.141. The van der Waals surface area contributed by atoms with Gasteiger partial charge in [-0.05, 0) is 20.8 Å². The van der Waals surface area contributed by atoms with Crippen molar-refractivity contribution >= 4 is 18.0 Å². The number of carboxylic acid groups (broad SMARTS) is 1. The molecule has 0 radical (unpaired) electrons. The molecule has 0 fully saturated rings. The maximum Gasteiger partial charge on any atom is 0.408 e. The largest absolute Gasteiger partial charge is 0.480 e. The lowest BCUT2D eigenvalue weighted by Gasteiger charge is -2.21. The molecule has 16 heavy (non-hydrogen) atoms. The third kappa shape index (κ3) is 6.63. The number of hydrogen-bond acceptors (Lipinski definition) is 4. The fourth-order valence-electron chi connectivity index (χ4n) is 0.851. The third-order valence-electron chi connectivity index (χ3n) is 1.39. The summed E-state index contributed by atoms with van der Waals surface area (Å²) >= 11 is 0. The fourth-order valence-corrected chi connectivity index (χ4v) is 0.851. The summed E-state index contributed by atoms with van der Waals surface area (Å²) in [6, 6.07) is -1.37. The normalized spacial score (nSPS) is 12.7. The van der Waals surface area contributed by atoms with Crippen molar-refractivity contribution in [3.05, 3.63) is 0 Å². The summed E-state index contributed by atoms with van der Waals surface area (Å²) < 4.78 is 4.83. The van der Waals surface area contributed by atoms with Crippen molar-refractivity contribution in [3.63, 3.8) is 0 Å². The predicted molar refractivity (Wildman–Crippen MR) is 54.6 cm³/mol. The van der Waals surface area contributed by atoms with Gasteiger partial charge in [-0.25, -0.2) is 9.59 Å². The zero-order valence-corrected chi connectivity index (χ0v) is 9.44. The highest BCUT2D eigenvalue weighted by Crippen LogP contribution is 2.07. The Bertz CT molecular complexity index is 295. The van der Waals surface area contributed by atoms with E-state index in [9.17, 15) is 14.4 Å². The number of aliphatic carboxylic acids is 1. The minimum Gasteiger partial charge on any atom is -0.480 e. The van der Waals surface area contributed by atoms with E-state index in [4.69, 9.17) is 15.6 Å². The van der Waals surface area contributed by atoms with Crippen LogP contribution in [0.5, 0.6) is 0 Å². The van der Waals surface area contributed by atoms with Crippen molar-refractivity contribution < 1.29 is 24.2 Å². The monoisotopic (exact) mass is 233 g/mol. The number of carbonyl (C=O) groups is 3. The Morgan fingerprint density at radius 3 is 2.19 bits per heavy atom. The molecule has 7 heteroatoms. The van der Waals surface area contributed by atoms with Gasteiger partial charge in [-0.2, -0.15) is 0 Å². The van der Waals surface area contributed by atoms with E-state index < -0.39 is 36.0 Å². The molecule has 0 saturated carbocycles. The van der Waals surface area contributed by atoms with Crippen molar-refractivity contribution in [1.29, 1.82) is 0 Å². The van der Waals surface area contributed by atoms with Crippen LogP contribution in [0.4, 0.5) is 4.79 Å². The fraction of sp³-hybridized carbons (Fsp3) is 0.667. The number of rotatable bonds is 4.